The fraction of sp³-hybridized carbons (Fsp3) is 0.111. The van der Waals surface area contributed by atoms with Crippen LogP contribution in [-0.2, 0) is 0 Å². The highest BCUT2D eigenvalue weighted by molar-refractivity contribution is 9.10. The summed E-state index contributed by atoms with van der Waals surface area (Å²) in [5.41, 5.74) is 1.07. The summed E-state index contributed by atoms with van der Waals surface area (Å²) in [6, 6.07) is 9.92. The van der Waals surface area contributed by atoms with E-state index >= 15 is 0 Å². The first-order chi connectivity index (χ1) is 11.3. The van der Waals surface area contributed by atoms with Gasteiger partial charge in [-0.05, 0) is 61.4 Å². The summed E-state index contributed by atoms with van der Waals surface area (Å²) in [6.07, 6.45) is 0. The molecule has 0 saturated heterocycles. The number of hydrogen-bond acceptors (Lipinski definition) is 4. The van der Waals surface area contributed by atoms with Gasteiger partial charge in [0.15, 0.2) is 0 Å². The summed E-state index contributed by atoms with van der Waals surface area (Å²) in [5, 5.41) is 1.24. The van der Waals surface area contributed by atoms with E-state index in [1.165, 1.54) is 6.07 Å². The summed E-state index contributed by atoms with van der Waals surface area (Å²) in [4.78, 5) is 24.4. The molecule has 6 heteroatoms. The summed E-state index contributed by atoms with van der Waals surface area (Å²) in [5.74, 6) is -0.445. The van der Waals surface area contributed by atoms with Crippen molar-refractivity contribution < 1.29 is 13.9 Å². The van der Waals surface area contributed by atoms with E-state index in [0.29, 0.717) is 21.7 Å². The van der Waals surface area contributed by atoms with E-state index in [2.05, 4.69) is 15.9 Å². The fourth-order valence-electron chi connectivity index (χ4n) is 2.36. The highest BCUT2D eigenvalue weighted by Gasteiger charge is 2.17. The number of halogens is 2. The van der Waals surface area contributed by atoms with E-state index in [-0.39, 0.29) is 5.56 Å². The minimum absolute atomic E-state index is 0.161. The number of rotatable bonds is 2. The molecule has 1 heterocycles. The predicted octanol–water partition coefficient (Wildman–Crippen LogP) is 5.04. The van der Waals surface area contributed by atoms with Gasteiger partial charge in [-0.1, -0.05) is 27.5 Å². The van der Waals surface area contributed by atoms with Gasteiger partial charge in [0.25, 0.3) is 0 Å². The largest absolute Gasteiger partial charge is 0.423 e. The van der Waals surface area contributed by atoms with E-state index in [1.54, 1.807) is 30.3 Å². The lowest BCUT2D eigenvalue weighted by molar-refractivity contribution is 0.0730. The zero-order valence-corrected chi connectivity index (χ0v) is 15.2. The summed E-state index contributed by atoms with van der Waals surface area (Å²) in [6.45, 7) is 3.63. The Labute approximate surface area is 151 Å². The number of ether oxygens (including phenoxy) is 1. The van der Waals surface area contributed by atoms with Crippen molar-refractivity contribution in [1.82, 2.24) is 0 Å². The maximum Gasteiger partial charge on any atom is 0.351 e. The molecule has 3 rings (SSSR count). The van der Waals surface area contributed by atoms with Gasteiger partial charge in [0, 0.05) is 14.9 Å². The summed E-state index contributed by atoms with van der Waals surface area (Å²) < 4.78 is 11.3. The van der Waals surface area contributed by atoms with E-state index in [9.17, 15) is 9.59 Å². The van der Waals surface area contributed by atoms with E-state index in [1.807, 2.05) is 13.8 Å². The second-order valence-electron chi connectivity index (χ2n) is 5.39. The van der Waals surface area contributed by atoms with Crippen LogP contribution in [0.4, 0.5) is 0 Å². The van der Waals surface area contributed by atoms with E-state index in [4.69, 9.17) is 20.8 Å². The van der Waals surface area contributed by atoms with Crippen LogP contribution in [0.3, 0.4) is 0 Å². The minimum atomic E-state index is -0.772. The standard InChI is InChI=1S/C18H12BrClO4/c1-9-5-13(6-10(2)16(9)20)23-17(21)14-8-11-7-12(19)3-4-15(11)24-18(14)22/h3-8H,1-2H3. The van der Waals surface area contributed by atoms with Gasteiger partial charge in [-0.2, -0.15) is 0 Å². The lowest BCUT2D eigenvalue weighted by atomic mass is 10.1. The maximum atomic E-state index is 12.3. The van der Waals surface area contributed by atoms with Crippen molar-refractivity contribution in [3.05, 3.63) is 73.0 Å². The van der Waals surface area contributed by atoms with Crippen molar-refractivity contribution in [2.75, 3.05) is 0 Å². The Bertz CT molecular complexity index is 1000. The molecule has 0 radical (unpaired) electrons. The Hall–Kier alpha value is -2.11. The van der Waals surface area contributed by atoms with Gasteiger partial charge in [0.05, 0.1) is 0 Å². The van der Waals surface area contributed by atoms with E-state index in [0.717, 1.165) is 15.6 Å². The van der Waals surface area contributed by atoms with Crippen LogP contribution in [0.2, 0.25) is 5.02 Å². The van der Waals surface area contributed by atoms with E-state index < -0.39 is 11.6 Å². The van der Waals surface area contributed by atoms with Crippen LogP contribution in [0.1, 0.15) is 21.5 Å². The Morgan fingerprint density at radius 1 is 1.12 bits per heavy atom. The first-order valence-corrected chi connectivity index (χ1v) is 8.24. The zero-order valence-electron chi connectivity index (χ0n) is 12.9. The highest BCUT2D eigenvalue weighted by Crippen LogP contribution is 2.26. The summed E-state index contributed by atoms with van der Waals surface area (Å²) in [7, 11) is 0. The van der Waals surface area contributed by atoms with Gasteiger partial charge in [0.2, 0.25) is 0 Å². The Morgan fingerprint density at radius 3 is 2.46 bits per heavy atom. The van der Waals surface area contributed by atoms with Crippen molar-refractivity contribution in [3.8, 4) is 5.75 Å². The Morgan fingerprint density at radius 2 is 1.79 bits per heavy atom. The molecular weight excluding hydrogens is 396 g/mol. The number of carbonyl (C=O) groups excluding carboxylic acids is 1. The number of benzene rings is 2. The maximum absolute atomic E-state index is 12.3. The molecule has 0 aliphatic heterocycles. The SMILES string of the molecule is Cc1cc(OC(=O)c2cc3cc(Br)ccc3oc2=O)cc(C)c1Cl. The van der Waals surface area contributed by atoms with Crippen LogP contribution in [0.5, 0.6) is 5.75 Å². The van der Waals surface area contributed by atoms with Crippen molar-refractivity contribution in [2.24, 2.45) is 0 Å². The molecule has 0 fully saturated rings. The zero-order chi connectivity index (χ0) is 17.4. The topological polar surface area (TPSA) is 56.5 Å². The minimum Gasteiger partial charge on any atom is -0.423 e. The molecule has 3 aromatic rings. The van der Waals surface area contributed by atoms with Crippen LogP contribution in [-0.4, -0.2) is 5.97 Å². The lowest BCUT2D eigenvalue weighted by Gasteiger charge is -2.08. The van der Waals surface area contributed by atoms with Crippen LogP contribution in [0.15, 0.2) is 50.1 Å². The second-order valence-corrected chi connectivity index (χ2v) is 6.68. The second kappa shape index (κ2) is 6.42. The molecule has 122 valence electrons. The van der Waals surface area contributed by atoms with Gasteiger partial charge in [0.1, 0.15) is 16.9 Å². The third-order valence-electron chi connectivity index (χ3n) is 3.53. The molecule has 0 spiro atoms. The Kier molecular flexibility index (Phi) is 4.47. The lowest BCUT2D eigenvalue weighted by Crippen LogP contribution is -2.18. The first kappa shape index (κ1) is 16.7. The van der Waals surface area contributed by atoms with Crippen LogP contribution in [0.25, 0.3) is 11.0 Å². The molecule has 0 aliphatic carbocycles. The first-order valence-electron chi connectivity index (χ1n) is 7.07. The number of aryl methyl sites for hydroxylation is 2. The predicted molar refractivity (Wildman–Crippen MR) is 96.1 cm³/mol. The highest BCUT2D eigenvalue weighted by atomic mass is 79.9. The normalized spacial score (nSPS) is 10.8. The summed E-state index contributed by atoms with van der Waals surface area (Å²) >= 11 is 9.44. The third-order valence-corrected chi connectivity index (χ3v) is 4.62. The number of carbonyl (C=O) groups is 1. The van der Waals surface area contributed by atoms with Gasteiger partial charge in [-0.25, -0.2) is 9.59 Å². The quantitative estimate of drug-likeness (QED) is 0.339. The van der Waals surface area contributed by atoms with Gasteiger partial charge in [-0.3, -0.25) is 0 Å². The molecule has 0 saturated carbocycles. The monoisotopic (exact) mass is 406 g/mol. The van der Waals surface area contributed by atoms with Crippen molar-refractivity contribution >= 4 is 44.5 Å². The molecule has 0 unspecified atom stereocenters. The average Bonchev–Trinajstić information content (AvgIpc) is 2.52. The molecule has 0 aliphatic rings. The smallest absolute Gasteiger partial charge is 0.351 e. The molecule has 0 atom stereocenters. The van der Waals surface area contributed by atoms with Crippen LogP contribution in [0, 0.1) is 13.8 Å². The van der Waals surface area contributed by atoms with Crippen LogP contribution < -0.4 is 10.4 Å². The average molecular weight is 408 g/mol. The number of fused-ring (bicyclic) bond motifs is 1. The van der Waals surface area contributed by atoms with Crippen molar-refractivity contribution in [1.29, 1.82) is 0 Å². The fourth-order valence-corrected chi connectivity index (χ4v) is 2.85. The molecule has 0 bridgehead atoms. The number of hydrogen-bond donors (Lipinski definition) is 0. The number of esters is 1. The molecule has 2 aromatic carbocycles. The van der Waals surface area contributed by atoms with Crippen LogP contribution >= 0.6 is 27.5 Å². The third kappa shape index (κ3) is 3.23. The van der Waals surface area contributed by atoms with Gasteiger partial charge < -0.3 is 9.15 Å². The van der Waals surface area contributed by atoms with Gasteiger partial charge in [-0.15, -0.1) is 0 Å². The van der Waals surface area contributed by atoms with Crippen molar-refractivity contribution in [3.63, 3.8) is 0 Å². The van der Waals surface area contributed by atoms with Crippen molar-refractivity contribution in [2.45, 2.75) is 13.8 Å². The Balaban J connectivity index is 1.99. The molecule has 4 nitrogen and oxygen atoms in total. The molecule has 0 N–H and O–H groups in total. The van der Waals surface area contributed by atoms with Gasteiger partial charge >= 0.3 is 11.6 Å². The molecule has 1 aromatic heterocycles. The molecular formula is C18H12BrClO4. The molecule has 24 heavy (non-hydrogen) atoms. The molecule has 0 amide bonds.